The number of hydrogen-bond acceptors (Lipinski definition) is 3. The molecule has 3 N–H and O–H groups in total. The summed E-state index contributed by atoms with van der Waals surface area (Å²) in [5.41, 5.74) is 2.38. The lowest BCUT2D eigenvalue weighted by molar-refractivity contribution is -0.137. The molecule has 1 aromatic carbocycles. The fourth-order valence-corrected chi connectivity index (χ4v) is 2.19. The Morgan fingerprint density at radius 2 is 2.17 bits per heavy atom. The van der Waals surface area contributed by atoms with Gasteiger partial charge in [0.05, 0.1) is 17.7 Å². The van der Waals surface area contributed by atoms with E-state index in [-0.39, 0.29) is 6.10 Å². The molecule has 6 heteroatoms. The number of benzene rings is 1. The van der Waals surface area contributed by atoms with Gasteiger partial charge in [-0.05, 0) is 30.5 Å². The van der Waals surface area contributed by atoms with Gasteiger partial charge in [0, 0.05) is 6.61 Å². The molecule has 100 valence electrons. The summed E-state index contributed by atoms with van der Waals surface area (Å²) in [5, 5.41) is 0. The third-order valence-electron chi connectivity index (χ3n) is 3.09. The Hall–Kier alpha value is -1.11. The normalized spacial score (nSPS) is 22.1. The van der Waals surface area contributed by atoms with Crippen LogP contribution >= 0.6 is 0 Å². The van der Waals surface area contributed by atoms with Crippen LogP contribution in [0.2, 0.25) is 0 Å². The van der Waals surface area contributed by atoms with Crippen LogP contribution in [-0.4, -0.2) is 12.7 Å². The second-order valence-corrected chi connectivity index (χ2v) is 4.32. The van der Waals surface area contributed by atoms with Crippen LogP contribution in [0.1, 0.15) is 30.0 Å². The first-order chi connectivity index (χ1) is 8.52. The molecule has 2 atom stereocenters. The highest BCUT2D eigenvalue weighted by molar-refractivity contribution is 5.28. The lowest BCUT2D eigenvalue weighted by Crippen LogP contribution is -2.36. The van der Waals surface area contributed by atoms with E-state index < -0.39 is 17.8 Å². The van der Waals surface area contributed by atoms with Crippen molar-refractivity contribution in [1.82, 2.24) is 5.43 Å². The molecule has 0 spiro atoms. The van der Waals surface area contributed by atoms with E-state index in [1.807, 2.05) is 0 Å². The third kappa shape index (κ3) is 2.82. The summed E-state index contributed by atoms with van der Waals surface area (Å²) < 4.78 is 43.4. The highest BCUT2D eigenvalue weighted by Crippen LogP contribution is 2.32. The summed E-state index contributed by atoms with van der Waals surface area (Å²) in [6.07, 6.45) is -2.81. The molecule has 2 unspecified atom stereocenters. The van der Waals surface area contributed by atoms with Gasteiger partial charge in [0.15, 0.2) is 0 Å². The molecule has 0 radical (unpaired) electrons. The maximum absolute atomic E-state index is 12.6. The molecule has 18 heavy (non-hydrogen) atoms. The third-order valence-corrected chi connectivity index (χ3v) is 3.09. The topological polar surface area (TPSA) is 47.3 Å². The number of ether oxygens (including phenoxy) is 1. The number of nitrogens with one attached hydrogen (secondary N) is 1. The van der Waals surface area contributed by atoms with Gasteiger partial charge in [-0.25, -0.2) is 0 Å². The van der Waals surface area contributed by atoms with Crippen molar-refractivity contribution in [2.24, 2.45) is 5.84 Å². The molecule has 0 aliphatic carbocycles. The molecule has 0 amide bonds. The van der Waals surface area contributed by atoms with Crippen molar-refractivity contribution >= 4 is 0 Å². The molecule has 0 saturated carbocycles. The minimum absolute atomic E-state index is 0.168. The largest absolute Gasteiger partial charge is 0.416 e. The maximum Gasteiger partial charge on any atom is 0.416 e. The molecule has 0 aromatic heterocycles. The zero-order valence-electron chi connectivity index (χ0n) is 9.70. The van der Waals surface area contributed by atoms with Gasteiger partial charge in [-0.2, -0.15) is 13.2 Å². The van der Waals surface area contributed by atoms with Gasteiger partial charge >= 0.3 is 6.18 Å². The van der Waals surface area contributed by atoms with Crippen molar-refractivity contribution < 1.29 is 17.9 Å². The number of rotatable bonds is 3. The van der Waals surface area contributed by atoms with E-state index in [0.717, 1.165) is 25.0 Å². The average Bonchev–Trinajstić information content (AvgIpc) is 2.83. The van der Waals surface area contributed by atoms with Crippen LogP contribution in [0, 0.1) is 0 Å². The Balaban J connectivity index is 2.25. The zero-order chi connectivity index (χ0) is 13.2. The van der Waals surface area contributed by atoms with Crippen molar-refractivity contribution in [3.8, 4) is 0 Å². The van der Waals surface area contributed by atoms with Gasteiger partial charge in [-0.1, -0.05) is 12.1 Å². The fraction of sp³-hybridized carbons (Fsp3) is 0.500. The summed E-state index contributed by atoms with van der Waals surface area (Å²) in [6.45, 7) is 0.627. The van der Waals surface area contributed by atoms with E-state index in [1.165, 1.54) is 6.07 Å². The standard InChI is InChI=1S/C12H15F3N2O/c13-12(14,15)9-4-1-3-8(7-9)11(17-16)10-5-2-6-18-10/h1,3-4,7,10-11,17H,2,5-6,16H2. The Morgan fingerprint density at radius 1 is 1.39 bits per heavy atom. The van der Waals surface area contributed by atoms with Crippen molar-refractivity contribution in [3.63, 3.8) is 0 Å². The van der Waals surface area contributed by atoms with Crippen molar-refractivity contribution in [1.29, 1.82) is 0 Å². The Morgan fingerprint density at radius 3 is 2.72 bits per heavy atom. The average molecular weight is 260 g/mol. The molecule has 1 fully saturated rings. The van der Waals surface area contributed by atoms with Crippen LogP contribution in [0.15, 0.2) is 24.3 Å². The quantitative estimate of drug-likeness (QED) is 0.648. The van der Waals surface area contributed by atoms with Crippen molar-refractivity contribution in [3.05, 3.63) is 35.4 Å². The minimum Gasteiger partial charge on any atom is -0.376 e. The van der Waals surface area contributed by atoms with E-state index >= 15 is 0 Å². The number of hydrazine groups is 1. The first kappa shape index (κ1) is 13.3. The first-order valence-corrected chi connectivity index (χ1v) is 5.77. The van der Waals surface area contributed by atoms with Crippen LogP contribution in [0.4, 0.5) is 13.2 Å². The van der Waals surface area contributed by atoms with Crippen LogP contribution < -0.4 is 11.3 Å². The zero-order valence-corrected chi connectivity index (χ0v) is 9.70. The van der Waals surface area contributed by atoms with Gasteiger partial charge in [0.25, 0.3) is 0 Å². The molecule has 0 bridgehead atoms. The highest BCUT2D eigenvalue weighted by atomic mass is 19.4. The smallest absolute Gasteiger partial charge is 0.376 e. The molecule has 1 saturated heterocycles. The fourth-order valence-electron chi connectivity index (χ4n) is 2.19. The van der Waals surface area contributed by atoms with E-state index in [9.17, 15) is 13.2 Å². The Bertz CT molecular complexity index is 403. The van der Waals surface area contributed by atoms with Crippen LogP contribution in [0.3, 0.4) is 0 Å². The van der Waals surface area contributed by atoms with Gasteiger partial charge in [-0.3, -0.25) is 11.3 Å². The second-order valence-electron chi connectivity index (χ2n) is 4.32. The van der Waals surface area contributed by atoms with E-state index in [4.69, 9.17) is 10.6 Å². The van der Waals surface area contributed by atoms with E-state index in [2.05, 4.69) is 5.43 Å². The van der Waals surface area contributed by atoms with Crippen LogP contribution in [0.25, 0.3) is 0 Å². The molecule has 1 aromatic rings. The summed E-state index contributed by atoms with van der Waals surface area (Å²) in [4.78, 5) is 0. The Kier molecular flexibility index (Phi) is 3.89. The van der Waals surface area contributed by atoms with Gasteiger partial charge in [0.1, 0.15) is 0 Å². The number of hydrogen-bond donors (Lipinski definition) is 2. The number of alkyl halides is 3. The predicted molar refractivity (Wildman–Crippen MR) is 60.5 cm³/mol. The van der Waals surface area contributed by atoms with Crippen LogP contribution in [0.5, 0.6) is 0 Å². The predicted octanol–water partition coefficient (Wildman–Crippen LogP) is 2.39. The monoisotopic (exact) mass is 260 g/mol. The van der Waals surface area contributed by atoms with Crippen molar-refractivity contribution in [2.75, 3.05) is 6.61 Å². The Labute approximate surface area is 103 Å². The van der Waals surface area contributed by atoms with E-state index in [0.29, 0.717) is 12.2 Å². The molecular weight excluding hydrogens is 245 g/mol. The van der Waals surface area contributed by atoms with E-state index in [1.54, 1.807) is 6.07 Å². The second kappa shape index (κ2) is 5.26. The highest BCUT2D eigenvalue weighted by Gasteiger charge is 2.32. The lowest BCUT2D eigenvalue weighted by Gasteiger charge is -2.23. The molecule has 1 aliphatic heterocycles. The molecule has 3 nitrogen and oxygen atoms in total. The molecular formula is C12H15F3N2O. The summed E-state index contributed by atoms with van der Waals surface area (Å²) >= 11 is 0. The maximum atomic E-state index is 12.6. The van der Waals surface area contributed by atoms with Gasteiger partial charge in [0.2, 0.25) is 0 Å². The number of nitrogens with two attached hydrogens (primary N) is 1. The van der Waals surface area contributed by atoms with Crippen LogP contribution in [-0.2, 0) is 10.9 Å². The molecule has 1 aliphatic rings. The summed E-state index contributed by atoms with van der Waals surface area (Å²) in [6, 6.07) is 4.77. The first-order valence-electron chi connectivity index (χ1n) is 5.77. The number of halogens is 3. The summed E-state index contributed by atoms with van der Waals surface area (Å²) in [7, 11) is 0. The van der Waals surface area contributed by atoms with Gasteiger partial charge in [-0.15, -0.1) is 0 Å². The minimum atomic E-state index is -4.34. The molecule has 2 rings (SSSR count). The van der Waals surface area contributed by atoms with Crippen molar-refractivity contribution in [2.45, 2.75) is 31.2 Å². The SMILES string of the molecule is NNC(c1cccc(C(F)(F)F)c1)C1CCCO1. The molecule has 1 heterocycles. The lowest BCUT2D eigenvalue weighted by atomic mass is 9.98. The van der Waals surface area contributed by atoms with Gasteiger partial charge < -0.3 is 4.74 Å². The summed E-state index contributed by atoms with van der Waals surface area (Å²) in [5.74, 6) is 5.43.